The first-order chi connectivity index (χ1) is 18.7. The number of benzene rings is 2. The third-order valence-electron chi connectivity index (χ3n) is 6.53. The molecule has 1 atom stereocenters. The average molecular weight is 602 g/mol. The van der Waals surface area contributed by atoms with Crippen molar-refractivity contribution >= 4 is 47.6 Å². The van der Waals surface area contributed by atoms with E-state index < -0.39 is 19.6 Å². The second-order valence-corrected chi connectivity index (χ2v) is 11.3. The molecule has 2 heterocycles. The molecule has 1 saturated heterocycles. The van der Waals surface area contributed by atoms with Gasteiger partial charge in [0, 0.05) is 38.3 Å². The number of unbranched alkanes of at least 4 members (excludes halogenated alkanes) is 1. The van der Waals surface area contributed by atoms with Crippen molar-refractivity contribution in [1.29, 1.82) is 0 Å². The van der Waals surface area contributed by atoms with E-state index in [0.717, 1.165) is 51.3 Å². The van der Waals surface area contributed by atoms with Gasteiger partial charge in [-0.3, -0.25) is 18.8 Å². The molecule has 0 aliphatic carbocycles. The summed E-state index contributed by atoms with van der Waals surface area (Å²) in [6, 6.07) is 13.9. The highest BCUT2D eigenvalue weighted by molar-refractivity contribution is 7.48. The van der Waals surface area contributed by atoms with E-state index in [-0.39, 0.29) is 0 Å². The van der Waals surface area contributed by atoms with Gasteiger partial charge in [0.05, 0.1) is 27.9 Å². The molecule has 1 unspecified atom stereocenters. The number of fused-ring (bicyclic) bond motifs is 1. The Balaban J connectivity index is 1.28. The highest BCUT2D eigenvalue weighted by Crippen LogP contribution is 2.50. The molecule has 1 fully saturated rings. The molecule has 39 heavy (non-hydrogen) atoms. The van der Waals surface area contributed by atoms with Crippen molar-refractivity contribution in [3.05, 3.63) is 68.9 Å². The lowest BCUT2D eigenvalue weighted by Crippen LogP contribution is -2.46. The number of hydrogen-bond acceptors (Lipinski definition) is 10. The summed E-state index contributed by atoms with van der Waals surface area (Å²) in [5.41, 5.74) is 0.941. The smallest absolute Gasteiger partial charge is 0.494 e. The first kappa shape index (κ1) is 29.8. The maximum Gasteiger partial charge on any atom is 0.530 e. The number of phosphoric acid groups is 1. The van der Waals surface area contributed by atoms with Crippen LogP contribution in [0.4, 0.5) is 5.69 Å². The van der Waals surface area contributed by atoms with Crippen molar-refractivity contribution in [3.63, 3.8) is 0 Å². The highest BCUT2D eigenvalue weighted by Gasteiger charge is 2.32. The Hall–Kier alpha value is -2.18. The summed E-state index contributed by atoms with van der Waals surface area (Å²) >= 11 is 12.5. The van der Waals surface area contributed by atoms with Gasteiger partial charge < -0.3 is 9.64 Å². The molecule has 212 valence electrons. The molecule has 1 aromatic heterocycles. The maximum absolute atomic E-state index is 12.6. The number of anilines is 1. The molecule has 0 bridgehead atoms. The lowest BCUT2D eigenvalue weighted by Gasteiger charge is -2.36. The highest BCUT2D eigenvalue weighted by atomic mass is 35.5. The number of piperazine rings is 1. The number of aromatic nitrogens is 1. The summed E-state index contributed by atoms with van der Waals surface area (Å²) in [6.07, 6.45) is 0.584. The second-order valence-electron chi connectivity index (χ2n) is 9.03. The van der Waals surface area contributed by atoms with E-state index in [9.17, 15) is 9.36 Å². The van der Waals surface area contributed by atoms with Crippen molar-refractivity contribution in [3.8, 4) is 5.75 Å². The molecule has 0 saturated carbocycles. The lowest BCUT2D eigenvalue weighted by atomic mass is 10.2. The third-order valence-corrected chi connectivity index (χ3v) is 8.30. The standard InChI is InChI=1S/C25H30Cl2N3O8P/c1-18(36-39(34,37-32)38-33)30-23-17-20(9-7-19(23)8-10-24(30)31)35-16-3-2-11-28-12-14-29(15-13-28)22-6-4-5-21(26)25(22)27/h4-10,17-18,32-33H,2-3,11-16H2,1H3. The van der Waals surface area contributed by atoms with Gasteiger partial charge in [-0.1, -0.05) is 29.3 Å². The molecule has 3 aromatic rings. The van der Waals surface area contributed by atoms with Gasteiger partial charge in [-0.25, -0.2) is 15.1 Å². The van der Waals surface area contributed by atoms with Crippen molar-refractivity contribution in [1.82, 2.24) is 9.47 Å². The van der Waals surface area contributed by atoms with E-state index in [2.05, 4.69) is 19.1 Å². The Bertz CT molecular complexity index is 1380. The molecule has 1 aliphatic heterocycles. The summed E-state index contributed by atoms with van der Waals surface area (Å²) < 4.78 is 31.3. The number of nitrogens with zero attached hydrogens (tertiary/aromatic N) is 3. The zero-order valence-electron chi connectivity index (χ0n) is 21.2. The van der Waals surface area contributed by atoms with Crippen LogP contribution in [0.2, 0.25) is 10.0 Å². The van der Waals surface area contributed by atoms with Gasteiger partial charge in [0.25, 0.3) is 5.56 Å². The molecule has 0 radical (unpaired) electrons. The predicted octanol–water partition coefficient (Wildman–Crippen LogP) is 5.91. The Morgan fingerprint density at radius 2 is 1.72 bits per heavy atom. The number of hydrogen-bond donors (Lipinski definition) is 2. The van der Waals surface area contributed by atoms with Gasteiger partial charge in [0.15, 0.2) is 0 Å². The minimum Gasteiger partial charge on any atom is -0.494 e. The van der Waals surface area contributed by atoms with Crippen LogP contribution in [0.3, 0.4) is 0 Å². The summed E-state index contributed by atoms with van der Waals surface area (Å²) in [4.78, 5) is 17.2. The Morgan fingerprint density at radius 3 is 2.44 bits per heavy atom. The van der Waals surface area contributed by atoms with Crippen molar-refractivity contribution < 1.29 is 33.7 Å². The van der Waals surface area contributed by atoms with Crippen LogP contribution < -0.4 is 15.2 Å². The topological polar surface area (TPSA) is 123 Å². The maximum atomic E-state index is 12.6. The van der Waals surface area contributed by atoms with Crippen LogP contribution in [0, 0.1) is 0 Å². The summed E-state index contributed by atoms with van der Waals surface area (Å²) in [5.74, 6) is 0.543. The minimum absolute atomic E-state index is 0.438. The first-order valence-corrected chi connectivity index (χ1v) is 14.6. The number of ether oxygens (including phenoxy) is 1. The van der Waals surface area contributed by atoms with E-state index in [1.165, 1.54) is 17.6 Å². The largest absolute Gasteiger partial charge is 0.530 e. The number of rotatable bonds is 12. The van der Waals surface area contributed by atoms with E-state index in [0.29, 0.717) is 33.3 Å². The summed E-state index contributed by atoms with van der Waals surface area (Å²) in [7, 11) is -4.67. The van der Waals surface area contributed by atoms with E-state index >= 15 is 0 Å². The molecule has 11 nitrogen and oxygen atoms in total. The van der Waals surface area contributed by atoms with Gasteiger partial charge >= 0.3 is 7.82 Å². The van der Waals surface area contributed by atoms with E-state index in [4.69, 9.17) is 43.0 Å². The molecule has 2 N–H and O–H groups in total. The molecular formula is C25H30Cl2N3O8P. The number of pyridine rings is 1. The Kier molecular flexibility index (Phi) is 10.3. The van der Waals surface area contributed by atoms with Gasteiger partial charge in [-0.15, -0.1) is 9.35 Å². The molecule has 0 amide bonds. The third kappa shape index (κ3) is 7.32. The summed E-state index contributed by atoms with van der Waals surface area (Å²) in [6.45, 7) is 6.45. The van der Waals surface area contributed by atoms with Crippen LogP contribution in [-0.4, -0.2) is 59.3 Å². The van der Waals surface area contributed by atoms with Crippen LogP contribution in [0.25, 0.3) is 10.9 Å². The van der Waals surface area contributed by atoms with Crippen molar-refractivity contribution in [2.45, 2.75) is 26.0 Å². The van der Waals surface area contributed by atoms with Gasteiger partial charge in [0.2, 0.25) is 0 Å². The normalized spacial score (nSPS) is 15.6. The summed E-state index contributed by atoms with van der Waals surface area (Å²) in [5, 5.41) is 19.3. The Morgan fingerprint density at radius 1 is 1.00 bits per heavy atom. The van der Waals surface area contributed by atoms with Crippen LogP contribution in [0.5, 0.6) is 5.75 Å². The van der Waals surface area contributed by atoms with E-state index in [1.54, 1.807) is 30.3 Å². The van der Waals surface area contributed by atoms with Crippen molar-refractivity contribution in [2.75, 3.05) is 44.2 Å². The lowest BCUT2D eigenvalue weighted by molar-refractivity contribution is -0.233. The monoisotopic (exact) mass is 601 g/mol. The molecular weight excluding hydrogens is 572 g/mol. The van der Waals surface area contributed by atoms with Crippen LogP contribution >= 0.6 is 31.0 Å². The SMILES string of the molecule is CC(OP(=O)(OO)OO)n1c(=O)ccc2ccc(OCCCCN3CCN(c4cccc(Cl)c4Cl)CC3)cc21. The predicted molar refractivity (Wildman–Crippen MR) is 149 cm³/mol. The fraction of sp³-hybridized carbons (Fsp3) is 0.400. The average Bonchev–Trinajstić information content (AvgIpc) is 2.94. The minimum atomic E-state index is -4.67. The zero-order chi connectivity index (χ0) is 28.0. The van der Waals surface area contributed by atoms with Crippen LogP contribution in [0.15, 0.2) is 53.3 Å². The van der Waals surface area contributed by atoms with Gasteiger partial charge in [-0.05, 0) is 62.0 Å². The molecule has 4 rings (SSSR count). The van der Waals surface area contributed by atoms with Crippen molar-refractivity contribution in [2.24, 2.45) is 0 Å². The van der Waals surface area contributed by atoms with Crippen LogP contribution in [0.1, 0.15) is 26.0 Å². The van der Waals surface area contributed by atoms with Gasteiger partial charge in [0.1, 0.15) is 12.0 Å². The fourth-order valence-corrected chi connectivity index (χ4v) is 5.55. The molecule has 14 heteroatoms. The second kappa shape index (κ2) is 13.5. The van der Waals surface area contributed by atoms with Gasteiger partial charge in [-0.2, -0.15) is 0 Å². The Labute approximate surface area is 235 Å². The zero-order valence-corrected chi connectivity index (χ0v) is 23.6. The molecule has 1 aliphatic rings. The van der Waals surface area contributed by atoms with E-state index in [1.807, 2.05) is 12.1 Å². The first-order valence-electron chi connectivity index (χ1n) is 12.4. The quantitative estimate of drug-likeness (QED) is 0.112. The number of halogens is 2. The fourth-order valence-electron chi connectivity index (χ4n) is 4.56. The molecule has 0 spiro atoms. The van der Waals surface area contributed by atoms with Crippen LogP contribution in [-0.2, 0) is 18.4 Å². The molecule has 2 aromatic carbocycles.